The van der Waals surface area contributed by atoms with E-state index in [4.69, 9.17) is 6.58 Å². The fourth-order valence-electron chi connectivity index (χ4n) is 11.5. The molecule has 0 heteroatoms. The molecule has 6 atom stereocenters. The second-order valence-electron chi connectivity index (χ2n) is 18.6. The molecule has 0 bridgehead atoms. The van der Waals surface area contributed by atoms with E-state index in [1.165, 1.54) is 107 Å². The number of rotatable bonds is 10. The molecule has 0 heterocycles. The molecule has 0 radical (unpaired) electrons. The minimum atomic E-state index is 0.175. The van der Waals surface area contributed by atoms with Crippen LogP contribution in [0.3, 0.4) is 0 Å². The molecule has 0 saturated heterocycles. The van der Waals surface area contributed by atoms with Crippen molar-refractivity contribution in [3.05, 3.63) is 94.6 Å². The molecule has 2 aromatic carbocycles. The Morgan fingerprint density at radius 2 is 1.48 bits per heavy atom. The lowest BCUT2D eigenvalue weighted by Gasteiger charge is -2.38. The Morgan fingerprint density at radius 3 is 2.08 bits per heavy atom. The third-order valence-corrected chi connectivity index (χ3v) is 14.6. The Balaban J connectivity index is 1.31. The Kier molecular flexibility index (Phi) is 10.9. The molecule has 0 aromatic heterocycles. The lowest BCUT2D eigenvalue weighted by Crippen LogP contribution is -2.26. The molecule has 6 rings (SSSR count). The molecule has 0 N–H and O–H groups in total. The summed E-state index contributed by atoms with van der Waals surface area (Å²) < 4.78 is 0. The number of hydrogen-bond donors (Lipinski definition) is 0. The third kappa shape index (κ3) is 7.21. The summed E-state index contributed by atoms with van der Waals surface area (Å²) in [5, 5.41) is 0. The highest BCUT2D eigenvalue weighted by Crippen LogP contribution is 2.63. The van der Waals surface area contributed by atoms with Gasteiger partial charge in [-0.1, -0.05) is 147 Å². The Labute approximate surface area is 296 Å². The summed E-state index contributed by atoms with van der Waals surface area (Å²) in [6.45, 7) is 26.3. The van der Waals surface area contributed by atoms with Crippen molar-refractivity contribution < 1.29 is 0 Å². The van der Waals surface area contributed by atoms with Crippen LogP contribution in [0.1, 0.15) is 184 Å². The number of benzene rings is 2. The molecule has 262 valence electrons. The maximum Gasteiger partial charge on any atom is -0.00448 e. The SMILES string of the molecule is C=C(C)C1CCC(c2cc(C(C)(C)C)ccc2[C@H]2CC(C(=C)[C@]3(C)CC(C4CCCC4)C[C@H]3c3ccc(CC)cc3)C[C@@H]2CCC)CC1. The molecule has 2 aromatic rings. The van der Waals surface area contributed by atoms with E-state index in [9.17, 15) is 0 Å². The second-order valence-corrected chi connectivity index (χ2v) is 18.6. The van der Waals surface area contributed by atoms with Crippen LogP contribution < -0.4 is 0 Å². The van der Waals surface area contributed by atoms with Gasteiger partial charge in [-0.2, -0.15) is 0 Å². The number of allylic oxidation sites excluding steroid dienone is 2. The predicted octanol–water partition coefficient (Wildman–Crippen LogP) is 14.3. The van der Waals surface area contributed by atoms with Gasteiger partial charge in [-0.3, -0.25) is 0 Å². The molecule has 0 aliphatic heterocycles. The molecule has 4 fully saturated rings. The van der Waals surface area contributed by atoms with E-state index in [2.05, 4.69) is 97.5 Å². The average molecular weight is 647 g/mol. The first-order valence-electron chi connectivity index (χ1n) is 20.5. The Bertz CT molecular complexity index is 1400. The van der Waals surface area contributed by atoms with Gasteiger partial charge in [0.05, 0.1) is 0 Å². The summed E-state index contributed by atoms with van der Waals surface area (Å²) in [6, 6.07) is 17.6. The Morgan fingerprint density at radius 1 is 0.792 bits per heavy atom. The van der Waals surface area contributed by atoms with Gasteiger partial charge in [0.2, 0.25) is 0 Å². The summed E-state index contributed by atoms with van der Waals surface area (Å²) in [6.07, 6.45) is 20.2. The topological polar surface area (TPSA) is 0 Å². The molecular formula is C48H70. The van der Waals surface area contributed by atoms with Crippen molar-refractivity contribution in [3.8, 4) is 0 Å². The molecule has 4 aliphatic rings. The molecule has 0 spiro atoms. The summed E-state index contributed by atoms with van der Waals surface area (Å²) in [5.41, 5.74) is 11.4. The van der Waals surface area contributed by atoms with Gasteiger partial charge in [-0.25, -0.2) is 0 Å². The van der Waals surface area contributed by atoms with Gasteiger partial charge >= 0.3 is 0 Å². The van der Waals surface area contributed by atoms with E-state index in [1.807, 2.05) is 0 Å². The van der Waals surface area contributed by atoms with E-state index in [0.29, 0.717) is 29.6 Å². The largest absolute Gasteiger partial charge is 0.0999 e. The van der Waals surface area contributed by atoms with Crippen LogP contribution in [0.2, 0.25) is 0 Å². The molecule has 0 amide bonds. The van der Waals surface area contributed by atoms with Gasteiger partial charge in [0, 0.05) is 0 Å². The highest BCUT2D eigenvalue weighted by molar-refractivity contribution is 5.42. The van der Waals surface area contributed by atoms with Crippen molar-refractivity contribution in [2.45, 2.75) is 168 Å². The molecular weight excluding hydrogens is 577 g/mol. The van der Waals surface area contributed by atoms with Gasteiger partial charge < -0.3 is 0 Å². The van der Waals surface area contributed by atoms with Crippen molar-refractivity contribution in [3.63, 3.8) is 0 Å². The van der Waals surface area contributed by atoms with E-state index < -0.39 is 0 Å². The van der Waals surface area contributed by atoms with Crippen LogP contribution in [-0.4, -0.2) is 0 Å². The highest BCUT2D eigenvalue weighted by atomic mass is 14.6. The first-order chi connectivity index (χ1) is 22.9. The summed E-state index contributed by atoms with van der Waals surface area (Å²) >= 11 is 0. The van der Waals surface area contributed by atoms with Gasteiger partial charge in [0.1, 0.15) is 0 Å². The van der Waals surface area contributed by atoms with E-state index in [1.54, 1.807) is 22.3 Å². The monoisotopic (exact) mass is 647 g/mol. The molecule has 4 aliphatic carbocycles. The van der Waals surface area contributed by atoms with E-state index in [0.717, 1.165) is 24.2 Å². The molecule has 48 heavy (non-hydrogen) atoms. The van der Waals surface area contributed by atoms with Gasteiger partial charge in [-0.15, -0.1) is 0 Å². The van der Waals surface area contributed by atoms with Gasteiger partial charge in [0.15, 0.2) is 0 Å². The van der Waals surface area contributed by atoms with Crippen LogP contribution in [0, 0.1) is 35.0 Å². The van der Waals surface area contributed by atoms with Gasteiger partial charge in [-0.05, 0) is 151 Å². The minimum Gasteiger partial charge on any atom is -0.0999 e. The average Bonchev–Trinajstić information content (AvgIpc) is 3.84. The Hall–Kier alpha value is -2.08. The zero-order valence-electron chi connectivity index (χ0n) is 32.2. The molecule has 4 saturated carbocycles. The third-order valence-electron chi connectivity index (χ3n) is 14.6. The standard InChI is InChI=1S/C48H70/c1-10-14-39-27-40(28-44(39)43-26-25-42(47(6,7)8)30-45(43)37-23-21-35(22-24-37)32(3)4)33(5)48(9)31-41(36-15-12-13-16-36)29-46(48)38-19-17-34(11-2)18-20-38/h17-20,25-26,30,35-37,39-41,44,46H,3,5,10-16,21-24,27-29,31H2,1-2,4,6-9H3/t35?,37?,39-,40?,41?,44-,46-,48-/m0/s1. The first-order valence-corrected chi connectivity index (χ1v) is 20.5. The normalized spacial score (nSPS) is 32.9. The maximum absolute atomic E-state index is 5.16. The van der Waals surface area contributed by atoms with Crippen molar-refractivity contribution >= 4 is 0 Å². The van der Waals surface area contributed by atoms with Crippen LogP contribution in [0.4, 0.5) is 0 Å². The summed E-state index contributed by atoms with van der Waals surface area (Å²) in [7, 11) is 0. The second kappa shape index (κ2) is 14.6. The summed E-state index contributed by atoms with van der Waals surface area (Å²) in [4.78, 5) is 0. The van der Waals surface area contributed by atoms with Crippen molar-refractivity contribution in [1.82, 2.24) is 0 Å². The van der Waals surface area contributed by atoms with Crippen molar-refractivity contribution in [1.29, 1.82) is 0 Å². The van der Waals surface area contributed by atoms with Crippen LogP contribution in [0.25, 0.3) is 0 Å². The smallest absolute Gasteiger partial charge is 0.00448 e. The number of aryl methyl sites for hydroxylation is 1. The van der Waals surface area contributed by atoms with Crippen molar-refractivity contribution in [2.75, 3.05) is 0 Å². The minimum absolute atomic E-state index is 0.175. The number of hydrogen-bond acceptors (Lipinski definition) is 0. The first kappa shape index (κ1) is 35.7. The van der Waals surface area contributed by atoms with Crippen LogP contribution in [-0.2, 0) is 11.8 Å². The maximum atomic E-state index is 5.16. The van der Waals surface area contributed by atoms with E-state index in [-0.39, 0.29) is 10.8 Å². The predicted molar refractivity (Wildman–Crippen MR) is 209 cm³/mol. The van der Waals surface area contributed by atoms with E-state index >= 15 is 0 Å². The fraction of sp³-hybridized carbons (Fsp3) is 0.667. The summed E-state index contributed by atoms with van der Waals surface area (Å²) in [5.74, 6) is 5.87. The van der Waals surface area contributed by atoms with Crippen molar-refractivity contribution in [2.24, 2.45) is 35.0 Å². The van der Waals surface area contributed by atoms with Crippen LogP contribution >= 0.6 is 0 Å². The van der Waals surface area contributed by atoms with Crippen LogP contribution in [0.15, 0.2) is 66.8 Å². The fourth-order valence-corrected chi connectivity index (χ4v) is 11.5. The zero-order valence-corrected chi connectivity index (χ0v) is 32.2. The quantitative estimate of drug-likeness (QED) is 0.225. The zero-order chi connectivity index (χ0) is 34.2. The molecule has 0 nitrogen and oxygen atoms in total. The molecule has 2 unspecified atom stereocenters. The lowest BCUT2D eigenvalue weighted by atomic mass is 9.66. The van der Waals surface area contributed by atoms with Crippen LogP contribution in [0.5, 0.6) is 0 Å². The highest BCUT2D eigenvalue weighted by Gasteiger charge is 2.51. The lowest BCUT2D eigenvalue weighted by molar-refractivity contribution is 0.285. The van der Waals surface area contributed by atoms with Gasteiger partial charge in [0.25, 0.3) is 0 Å².